The fraction of sp³-hybridized carbons (Fsp3) is 0.944. The Morgan fingerprint density at radius 2 is 0.912 bits per heavy atom. The molecule has 0 spiro atoms. The predicted molar refractivity (Wildman–Crippen MR) is 268 cm³/mol. The van der Waals surface area contributed by atoms with E-state index in [1.54, 1.807) is 6.08 Å². The van der Waals surface area contributed by atoms with Gasteiger partial charge in [0, 0.05) is 6.42 Å². The van der Waals surface area contributed by atoms with Gasteiger partial charge in [0.05, 0.1) is 32.0 Å². The van der Waals surface area contributed by atoms with E-state index >= 15 is 0 Å². The third kappa shape index (κ3) is 27.5. The first kappa shape index (κ1) is 62.8. The molecule has 1 amide bonds. The first-order valence-electron chi connectivity index (χ1n) is 27.9. The van der Waals surface area contributed by atoms with E-state index < -0.39 is 86.8 Å². The number of carbonyl (C=O) groups is 1. The number of carbonyl (C=O) groups excluding carboxylic acids is 1. The summed E-state index contributed by atoms with van der Waals surface area (Å²) in [6.07, 6.45) is 29.2. The zero-order valence-electron chi connectivity index (χ0n) is 42.9. The van der Waals surface area contributed by atoms with E-state index in [9.17, 15) is 45.6 Å². The second-order valence-electron chi connectivity index (χ2n) is 20.1. The lowest BCUT2D eigenvalue weighted by atomic mass is 9.97. The summed E-state index contributed by atoms with van der Waals surface area (Å²) >= 11 is 0. The minimum atomic E-state index is -1.78. The van der Waals surface area contributed by atoms with E-state index in [0.29, 0.717) is 6.42 Å². The van der Waals surface area contributed by atoms with Crippen LogP contribution in [0.5, 0.6) is 0 Å². The lowest BCUT2D eigenvalue weighted by molar-refractivity contribution is -0.359. The maximum Gasteiger partial charge on any atom is 0.220 e. The fourth-order valence-corrected chi connectivity index (χ4v) is 9.41. The number of ether oxygens (including phenoxy) is 4. The van der Waals surface area contributed by atoms with E-state index in [1.165, 1.54) is 161 Å². The highest BCUT2D eigenvalue weighted by atomic mass is 16.7. The lowest BCUT2D eigenvalue weighted by Gasteiger charge is -2.46. The number of hydrogen-bond donors (Lipinski definition) is 9. The van der Waals surface area contributed by atoms with Crippen LogP contribution in [0, 0.1) is 0 Å². The summed E-state index contributed by atoms with van der Waals surface area (Å²) in [6.45, 7) is 2.68. The molecule has 9 N–H and O–H groups in total. The first-order chi connectivity index (χ1) is 33.1. The quantitative estimate of drug-likeness (QED) is 0.0207. The summed E-state index contributed by atoms with van der Waals surface area (Å²) in [5.74, 6) is -0.242. The summed E-state index contributed by atoms with van der Waals surface area (Å²) in [6, 6.07) is -0.905. The molecule has 2 aliphatic heterocycles. The van der Waals surface area contributed by atoms with Crippen LogP contribution < -0.4 is 5.32 Å². The minimum Gasteiger partial charge on any atom is -0.394 e. The van der Waals surface area contributed by atoms with Crippen molar-refractivity contribution in [2.24, 2.45) is 0 Å². The summed E-state index contributed by atoms with van der Waals surface area (Å²) in [5, 5.41) is 86.3. The highest BCUT2D eigenvalue weighted by Gasteiger charge is 2.51. The second-order valence-corrected chi connectivity index (χ2v) is 20.1. The minimum absolute atomic E-state index is 0.242. The van der Waals surface area contributed by atoms with E-state index in [0.717, 1.165) is 44.9 Å². The number of hydrogen-bond acceptors (Lipinski definition) is 13. The number of aliphatic hydroxyl groups is 8. The van der Waals surface area contributed by atoms with Crippen LogP contribution in [0.2, 0.25) is 0 Å². The van der Waals surface area contributed by atoms with Gasteiger partial charge in [0.1, 0.15) is 48.8 Å². The molecule has 2 rings (SSSR count). The van der Waals surface area contributed by atoms with Gasteiger partial charge in [0.25, 0.3) is 0 Å². The number of amides is 1. The molecule has 0 aromatic rings. The third-order valence-corrected chi connectivity index (χ3v) is 14.0. The van der Waals surface area contributed by atoms with Gasteiger partial charge >= 0.3 is 0 Å². The Bertz CT molecular complexity index is 1200. The number of nitrogens with one attached hydrogen (secondary N) is 1. The fourth-order valence-electron chi connectivity index (χ4n) is 9.41. The molecule has 0 bridgehead atoms. The van der Waals surface area contributed by atoms with Gasteiger partial charge in [-0.3, -0.25) is 4.79 Å². The Morgan fingerprint density at radius 1 is 0.515 bits per heavy atom. The van der Waals surface area contributed by atoms with E-state index in [1.807, 2.05) is 6.08 Å². The van der Waals surface area contributed by atoms with E-state index in [-0.39, 0.29) is 18.9 Å². The molecule has 2 fully saturated rings. The van der Waals surface area contributed by atoms with Crippen LogP contribution in [0.1, 0.15) is 232 Å². The summed E-state index contributed by atoms with van der Waals surface area (Å²) in [4.78, 5) is 13.1. The summed E-state index contributed by atoms with van der Waals surface area (Å²) in [5.41, 5.74) is 0. The maximum atomic E-state index is 13.1. The molecule has 0 aromatic heterocycles. The predicted octanol–water partition coefficient (Wildman–Crippen LogP) is 8.33. The van der Waals surface area contributed by atoms with Crippen LogP contribution in [0.4, 0.5) is 0 Å². The van der Waals surface area contributed by atoms with Crippen LogP contribution in [0.25, 0.3) is 0 Å². The van der Waals surface area contributed by atoms with Crippen molar-refractivity contribution >= 4 is 5.91 Å². The van der Waals surface area contributed by atoms with Crippen molar-refractivity contribution in [1.82, 2.24) is 5.32 Å². The molecule has 0 saturated carbocycles. The molecule has 2 saturated heterocycles. The summed E-state index contributed by atoms with van der Waals surface area (Å²) in [7, 11) is 0. The zero-order valence-corrected chi connectivity index (χ0v) is 42.9. The Labute approximate surface area is 412 Å². The largest absolute Gasteiger partial charge is 0.394 e. The molecule has 402 valence electrons. The summed E-state index contributed by atoms with van der Waals surface area (Å²) < 4.78 is 22.6. The van der Waals surface area contributed by atoms with Gasteiger partial charge in [0.2, 0.25) is 5.91 Å². The van der Waals surface area contributed by atoms with Crippen LogP contribution in [0.3, 0.4) is 0 Å². The lowest BCUT2D eigenvalue weighted by Crippen LogP contribution is -2.65. The molecule has 12 unspecified atom stereocenters. The topological polar surface area (TPSA) is 228 Å². The second kappa shape index (κ2) is 41.2. The number of rotatable bonds is 44. The standard InChI is InChI=1S/C54H103NO13/c1-3-5-7-9-10-11-12-13-14-15-16-17-18-19-20-21-22-23-24-25-26-27-28-29-30-31-32-34-36-38-46(59)55-42(43(58)37-35-33-8-6-4-2)41-65-53-51(64)49(62)52(45(40-57)67-53)68-54-50(63)48(61)47(60)44(39-56)66-54/h35,37,42-45,47-54,56-58,60-64H,3-34,36,38-41H2,1-2H3,(H,55,59)/b37-35+. The molecular weight excluding hydrogens is 871 g/mol. The van der Waals surface area contributed by atoms with Gasteiger partial charge in [-0.1, -0.05) is 219 Å². The third-order valence-electron chi connectivity index (χ3n) is 14.0. The molecule has 2 heterocycles. The highest BCUT2D eigenvalue weighted by molar-refractivity contribution is 5.76. The van der Waals surface area contributed by atoms with Gasteiger partial charge in [-0.2, -0.15) is 0 Å². The van der Waals surface area contributed by atoms with E-state index in [2.05, 4.69) is 19.2 Å². The van der Waals surface area contributed by atoms with Crippen LogP contribution in [-0.4, -0.2) is 140 Å². The van der Waals surface area contributed by atoms with Gasteiger partial charge in [0.15, 0.2) is 12.6 Å². The van der Waals surface area contributed by atoms with Crippen LogP contribution in [0.15, 0.2) is 12.2 Å². The first-order valence-corrected chi connectivity index (χ1v) is 27.9. The highest BCUT2D eigenvalue weighted by Crippen LogP contribution is 2.30. The molecular formula is C54H103NO13. The molecule has 0 aliphatic carbocycles. The van der Waals surface area contributed by atoms with Gasteiger partial charge in [-0.05, 0) is 19.3 Å². The van der Waals surface area contributed by atoms with Gasteiger partial charge < -0.3 is 65.1 Å². The smallest absolute Gasteiger partial charge is 0.220 e. The molecule has 2 aliphatic rings. The van der Waals surface area contributed by atoms with Crippen molar-refractivity contribution in [1.29, 1.82) is 0 Å². The average molecular weight is 974 g/mol. The molecule has 68 heavy (non-hydrogen) atoms. The molecule has 0 aromatic carbocycles. The van der Waals surface area contributed by atoms with Crippen molar-refractivity contribution in [2.75, 3.05) is 19.8 Å². The Morgan fingerprint density at radius 3 is 1.35 bits per heavy atom. The van der Waals surface area contributed by atoms with Crippen LogP contribution >= 0.6 is 0 Å². The Balaban J connectivity index is 1.57. The molecule has 14 nitrogen and oxygen atoms in total. The van der Waals surface area contributed by atoms with Crippen molar-refractivity contribution in [3.63, 3.8) is 0 Å². The molecule has 14 heteroatoms. The molecule has 12 atom stereocenters. The van der Waals surface area contributed by atoms with E-state index in [4.69, 9.17) is 18.9 Å². The van der Waals surface area contributed by atoms with Gasteiger partial charge in [-0.25, -0.2) is 0 Å². The van der Waals surface area contributed by atoms with Crippen molar-refractivity contribution in [3.8, 4) is 0 Å². The molecule has 0 radical (unpaired) electrons. The normalized spacial score (nSPS) is 26.4. The Hall–Kier alpha value is -1.27. The maximum absolute atomic E-state index is 13.1. The number of unbranched alkanes of at least 4 members (excludes halogenated alkanes) is 31. The Kier molecular flexibility index (Phi) is 38.1. The average Bonchev–Trinajstić information content (AvgIpc) is 3.34. The zero-order chi connectivity index (χ0) is 49.6. The monoisotopic (exact) mass is 974 g/mol. The van der Waals surface area contributed by atoms with Crippen molar-refractivity contribution in [3.05, 3.63) is 12.2 Å². The van der Waals surface area contributed by atoms with Gasteiger partial charge in [-0.15, -0.1) is 0 Å². The van der Waals surface area contributed by atoms with Crippen molar-refractivity contribution < 1.29 is 64.6 Å². The van der Waals surface area contributed by atoms with Crippen molar-refractivity contribution in [2.45, 2.75) is 306 Å². The SMILES string of the molecule is CCCCC/C=C/C(O)C(COC1OC(CO)C(OC2OC(CO)C(O)C(O)C2O)C(O)C1O)NC(=O)CCCCCCCCCCCCCCCCCCCCCCCCCCCCCCC. The van der Waals surface area contributed by atoms with Crippen LogP contribution in [-0.2, 0) is 23.7 Å². The number of allylic oxidation sites excluding steroid dienone is 1. The number of aliphatic hydroxyl groups excluding tert-OH is 8.